The Morgan fingerprint density at radius 3 is 1.60 bits per heavy atom. The van der Waals surface area contributed by atoms with E-state index < -0.39 is 0 Å². The number of unbranched alkanes of at least 4 members (excludes halogenated alkanes) is 2. The first kappa shape index (κ1) is 20.7. The van der Waals surface area contributed by atoms with Crippen LogP contribution in [0, 0.1) is 0 Å². The molecule has 0 nitrogen and oxygen atoms in total. The SMILES string of the molecule is CCCCC(Cl)c1cccc(Sc2cccc(C(Cl)CCCC)c2)c1. The normalized spacial score (nSPS) is 13.6. The Labute approximate surface area is 167 Å². The third kappa shape index (κ3) is 6.89. The molecule has 0 N–H and O–H groups in total. The predicted molar refractivity (Wildman–Crippen MR) is 113 cm³/mol. The number of halogens is 2. The second-order valence-electron chi connectivity index (χ2n) is 6.47. The molecule has 0 radical (unpaired) electrons. The highest BCUT2D eigenvalue weighted by molar-refractivity contribution is 7.99. The second-order valence-corrected chi connectivity index (χ2v) is 8.67. The monoisotopic (exact) mass is 394 g/mol. The van der Waals surface area contributed by atoms with E-state index in [1.165, 1.54) is 46.6 Å². The van der Waals surface area contributed by atoms with Crippen molar-refractivity contribution in [2.45, 2.75) is 72.9 Å². The van der Waals surface area contributed by atoms with Crippen LogP contribution in [0.4, 0.5) is 0 Å². The van der Waals surface area contributed by atoms with Crippen LogP contribution in [0.3, 0.4) is 0 Å². The Morgan fingerprint density at radius 2 is 1.20 bits per heavy atom. The average Bonchev–Trinajstić information content (AvgIpc) is 2.64. The largest absolute Gasteiger partial charge is 0.118 e. The third-order valence-corrected chi connectivity index (χ3v) is 6.22. The fourth-order valence-corrected chi connectivity index (χ4v) is 4.32. The van der Waals surface area contributed by atoms with Gasteiger partial charge in [0.15, 0.2) is 0 Å². The molecule has 0 aliphatic heterocycles. The molecule has 0 aromatic heterocycles. The van der Waals surface area contributed by atoms with Crippen LogP contribution in [0.2, 0.25) is 0 Å². The Balaban J connectivity index is 2.06. The molecule has 0 aliphatic rings. The number of hydrogen-bond donors (Lipinski definition) is 0. The predicted octanol–water partition coefficient (Wildman–Crippen LogP) is 8.78. The lowest BCUT2D eigenvalue weighted by Gasteiger charge is -2.12. The zero-order valence-corrected chi connectivity index (χ0v) is 17.5. The molecule has 2 aromatic rings. The standard InChI is InChI=1S/C22H28Cl2S/c1-3-5-13-21(23)17-9-7-11-19(15-17)25-20-12-8-10-18(16-20)22(24)14-6-4-2/h7-12,15-16,21-22H,3-6,13-14H2,1-2H3. The van der Waals surface area contributed by atoms with Crippen molar-refractivity contribution in [3.63, 3.8) is 0 Å². The molecule has 136 valence electrons. The van der Waals surface area contributed by atoms with E-state index in [2.05, 4.69) is 62.4 Å². The highest BCUT2D eigenvalue weighted by atomic mass is 35.5. The molecule has 0 fully saturated rings. The minimum Gasteiger partial charge on any atom is -0.118 e. The highest BCUT2D eigenvalue weighted by Crippen LogP contribution is 2.35. The van der Waals surface area contributed by atoms with Crippen molar-refractivity contribution in [2.24, 2.45) is 0 Å². The summed E-state index contributed by atoms with van der Waals surface area (Å²) >= 11 is 14.9. The van der Waals surface area contributed by atoms with Gasteiger partial charge in [-0.25, -0.2) is 0 Å². The van der Waals surface area contributed by atoms with Crippen molar-refractivity contribution in [1.82, 2.24) is 0 Å². The zero-order valence-electron chi connectivity index (χ0n) is 15.2. The Kier molecular flexibility index (Phi) is 9.23. The van der Waals surface area contributed by atoms with Gasteiger partial charge in [-0.2, -0.15) is 0 Å². The fraction of sp³-hybridized carbons (Fsp3) is 0.455. The van der Waals surface area contributed by atoms with E-state index in [-0.39, 0.29) is 10.8 Å². The van der Waals surface area contributed by atoms with Crippen LogP contribution in [0.1, 0.15) is 74.3 Å². The van der Waals surface area contributed by atoms with E-state index in [1.54, 1.807) is 11.8 Å². The lowest BCUT2D eigenvalue weighted by Crippen LogP contribution is -1.92. The second kappa shape index (κ2) is 11.2. The van der Waals surface area contributed by atoms with E-state index in [4.69, 9.17) is 23.2 Å². The number of benzene rings is 2. The molecule has 2 aromatic carbocycles. The van der Waals surface area contributed by atoms with E-state index in [0.717, 1.165) is 12.8 Å². The molecule has 3 heteroatoms. The van der Waals surface area contributed by atoms with Gasteiger partial charge >= 0.3 is 0 Å². The van der Waals surface area contributed by atoms with Gasteiger partial charge in [-0.15, -0.1) is 23.2 Å². The first-order chi connectivity index (χ1) is 12.1. The first-order valence-electron chi connectivity index (χ1n) is 9.30. The lowest BCUT2D eigenvalue weighted by atomic mass is 10.1. The van der Waals surface area contributed by atoms with Crippen LogP contribution in [-0.4, -0.2) is 0 Å². The summed E-state index contributed by atoms with van der Waals surface area (Å²) in [6.07, 6.45) is 6.77. The smallest absolute Gasteiger partial charge is 0.0585 e. The topological polar surface area (TPSA) is 0 Å². The van der Waals surface area contributed by atoms with Crippen LogP contribution < -0.4 is 0 Å². The van der Waals surface area contributed by atoms with Crippen LogP contribution >= 0.6 is 35.0 Å². The van der Waals surface area contributed by atoms with Crippen molar-refractivity contribution in [3.05, 3.63) is 59.7 Å². The fourth-order valence-electron chi connectivity index (χ4n) is 2.78. The lowest BCUT2D eigenvalue weighted by molar-refractivity contribution is 0.700. The minimum absolute atomic E-state index is 0.105. The van der Waals surface area contributed by atoms with E-state index >= 15 is 0 Å². The van der Waals surface area contributed by atoms with Gasteiger partial charge in [0, 0.05) is 9.79 Å². The van der Waals surface area contributed by atoms with Gasteiger partial charge in [0.25, 0.3) is 0 Å². The summed E-state index contributed by atoms with van der Waals surface area (Å²) in [6, 6.07) is 17.2. The molecule has 2 rings (SSSR count). The van der Waals surface area contributed by atoms with Crippen molar-refractivity contribution < 1.29 is 0 Å². The van der Waals surface area contributed by atoms with Crippen LogP contribution in [0.25, 0.3) is 0 Å². The van der Waals surface area contributed by atoms with Crippen LogP contribution in [0.5, 0.6) is 0 Å². The summed E-state index contributed by atoms with van der Waals surface area (Å²) in [5, 5.41) is 0.209. The summed E-state index contributed by atoms with van der Waals surface area (Å²) in [5.74, 6) is 0. The zero-order chi connectivity index (χ0) is 18.1. The van der Waals surface area contributed by atoms with Gasteiger partial charge in [-0.3, -0.25) is 0 Å². The van der Waals surface area contributed by atoms with Crippen molar-refractivity contribution in [2.75, 3.05) is 0 Å². The van der Waals surface area contributed by atoms with Gasteiger partial charge in [0.2, 0.25) is 0 Å². The number of rotatable bonds is 10. The molecule has 0 aliphatic carbocycles. The third-order valence-electron chi connectivity index (χ3n) is 4.30. The van der Waals surface area contributed by atoms with Crippen molar-refractivity contribution in [1.29, 1.82) is 0 Å². The highest BCUT2D eigenvalue weighted by Gasteiger charge is 2.10. The molecular weight excluding hydrogens is 367 g/mol. The maximum absolute atomic E-state index is 6.55. The van der Waals surface area contributed by atoms with E-state index in [1.807, 2.05) is 0 Å². The maximum atomic E-state index is 6.55. The maximum Gasteiger partial charge on any atom is 0.0585 e. The van der Waals surface area contributed by atoms with Gasteiger partial charge < -0.3 is 0 Å². The Morgan fingerprint density at radius 1 is 0.760 bits per heavy atom. The molecule has 2 unspecified atom stereocenters. The Hall–Kier alpha value is -0.630. The molecular formula is C22H28Cl2S. The van der Waals surface area contributed by atoms with Crippen LogP contribution in [0.15, 0.2) is 58.3 Å². The molecule has 0 spiro atoms. The molecule has 0 amide bonds. The number of hydrogen-bond acceptors (Lipinski definition) is 1. The average molecular weight is 395 g/mol. The minimum atomic E-state index is 0.105. The molecule has 0 saturated heterocycles. The van der Waals surface area contributed by atoms with E-state index in [9.17, 15) is 0 Å². The molecule has 2 atom stereocenters. The van der Waals surface area contributed by atoms with Gasteiger partial charge in [-0.05, 0) is 48.2 Å². The summed E-state index contributed by atoms with van der Waals surface area (Å²) in [5.41, 5.74) is 2.43. The van der Waals surface area contributed by atoms with E-state index in [0.29, 0.717) is 0 Å². The molecule has 0 saturated carbocycles. The summed E-state index contributed by atoms with van der Waals surface area (Å²) in [7, 11) is 0. The molecule has 25 heavy (non-hydrogen) atoms. The first-order valence-corrected chi connectivity index (χ1v) is 11.0. The van der Waals surface area contributed by atoms with Gasteiger partial charge in [0.05, 0.1) is 10.8 Å². The summed E-state index contributed by atoms with van der Waals surface area (Å²) in [4.78, 5) is 2.47. The van der Waals surface area contributed by atoms with Crippen molar-refractivity contribution >= 4 is 35.0 Å². The van der Waals surface area contributed by atoms with Gasteiger partial charge in [0.1, 0.15) is 0 Å². The van der Waals surface area contributed by atoms with Crippen molar-refractivity contribution in [3.8, 4) is 0 Å². The summed E-state index contributed by atoms with van der Waals surface area (Å²) in [6.45, 7) is 4.40. The molecule has 0 heterocycles. The number of alkyl halides is 2. The Bertz CT molecular complexity index is 586. The van der Waals surface area contributed by atoms with Crippen LogP contribution in [-0.2, 0) is 0 Å². The molecule has 0 bridgehead atoms. The van der Waals surface area contributed by atoms with Gasteiger partial charge in [-0.1, -0.05) is 75.6 Å². The summed E-state index contributed by atoms with van der Waals surface area (Å²) < 4.78 is 0. The quantitative estimate of drug-likeness (QED) is 0.362.